The second kappa shape index (κ2) is 8.92. The van der Waals surface area contributed by atoms with Gasteiger partial charge in [0.1, 0.15) is 5.75 Å². The van der Waals surface area contributed by atoms with Gasteiger partial charge in [-0.05, 0) is 50.5 Å². The molecule has 0 N–H and O–H groups in total. The molecular formula is C25H28N2O4. The number of carbonyl (C=O) groups excluding carboxylic acids is 3. The van der Waals surface area contributed by atoms with E-state index in [0.717, 1.165) is 12.2 Å². The average Bonchev–Trinajstić information content (AvgIpc) is 3.02. The molecule has 0 aliphatic carbocycles. The smallest absolute Gasteiger partial charge is 0.261 e. The van der Waals surface area contributed by atoms with Crippen LogP contribution in [0, 0.1) is 5.92 Å². The molecular weight excluding hydrogens is 392 g/mol. The van der Waals surface area contributed by atoms with E-state index in [-0.39, 0.29) is 36.2 Å². The number of fused-ring (bicyclic) bond motifs is 2. The van der Waals surface area contributed by atoms with Crippen molar-refractivity contribution < 1.29 is 19.1 Å². The number of hydrogen-bond donors (Lipinski definition) is 0. The topological polar surface area (TPSA) is 66.9 Å². The molecule has 6 nitrogen and oxygen atoms in total. The highest BCUT2D eigenvalue weighted by Gasteiger charge is 2.35. The number of para-hydroxylation sites is 1. The molecule has 0 radical (unpaired) electrons. The first-order valence-corrected chi connectivity index (χ1v) is 10.9. The summed E-state index contributed by atoms with van der Waals surface area (Å²) in [5, 5.41) is 0. The normalized spacial score (nSPS) is 17.4. The van der Waals surface area contributed by atoms with Crippen LogP contribution < -0.4 is 4.74 Å². The monoisotopic (exact) mass is 420 g/mol. The summed E-state index contributed by atoms with van der Waals surface area (Å²) in [5.74, 6) is 0.684. The lowest BCUT2D eigenvalue weighted by atomic mass is 9.95. The van der Waals surface area contributed by atoms with Crippen LogP contribution in [-0.4, -0.2) is 53.3 Å². The van der Waals surface area contributed by atoms with Gasteiger partial charge >= 0.3 is 0 Å². The van der Waals surface area contributed by atoms with Gasteiger partial charge in [-0.3, -0.25) is 19.3 Å². The standard InChI is InChI=1S/C25H28N2O4/c1-17(2)27(15-18-14-19-8-3-6-11-22(19)31-16-18)23(28)12-7-13-26-24(29)20-9-4-5-10-21(20)25(26)30/h3-6,8-11,17-18H,7,12-16H2,1-2H3. The van der Waals surface area contributed by atoms with E-state index in [1.165, 1.54) is 10.5 Å². The molecule has 2 aliphatic rings. The van der Waals surface area contributed by atoms with E-state index >= 15 is 0 Å². The summed E-state index contributed by atoms with van der Waals surface area (Å²) >= 11 is 0. The molecule has 162 valence electrons. The van der Waals surface area contributed by atoms with Crippen LogP contribution in [0.5, 0.6) is 5.75 Å². The second-order valence-corrected chi connectivity index (χ2v) is 8.54. The van der Waals surface area contributed by atoms with Crippen molar-refractivity contribution in [2.24, 2.45) is 5.92 Å². The number of carbonyl (C=O) groups is 3. The summed E-state index contributed by atoms with van der Waals surface area (Å²) in [4.78, 5) is 41.1. The molecule has 0 aromatic heterocycles. The summed E-state index contributed by atoms with van der Waals surface area (Å²) in [7, 11) is 0. The maximum Gasteiger partial charge on any atom is 0.261 e. The van der Waals surface area contributed by atoms with E-state index in [0.29, 0.717) is 37.1 Å². The van der Waals surface area contributed by atoms with E-state index in [1.54, 1.807) is 24.3 Å². The van der Waals surface area contributed by atoms with Crippen molar-refractivity contribution in [2.45, 2.75) is 39.2 Å². The van der Waals surface area contributed by atoms with Crippen LogP contribution in [0.15, 0.2) is 48.5 Å². The van der Waals surface area contributed by atoms with Crippen molar-refractivity contribution in [3.63, 3.8) is 0 Å². The third-order valence-corrected chi connectivity index (χ3v) is 6.00. The highest BCUT2D eigenvalue weighted by Crippen LogP contribution is 2.28. The number of benzene rings is 2. The molecule has 2 heterocycles. The maximum atomic E-state index is 13.0. The molecule has 3 amide bonds. The van der Waals surface area contributed by atoms with Gasteiger partial charge in [-0.2, -0.15) is 0 Å². The lowest BCUT2D eigenvalue weighted by Crippen LogP contribution is -2.43. The summed E-state index contributed by atoms with van der Waals surface area (Å²) in [6, 6.07) is 15.0. The van der Waals surface area contributed by atoms with E-state index < -0.39 is 0 Å². The zero-order chi connectivity index (χ0) is 22.0. The van der Waals surface area contributed by atoms with Crippen LogP contribution in [0.1, 0.15) is 53.0 Å². The quantitative estimate of drug-likeness (QED) is 0.643. The van der Waals surface area contributed by atoms with E-state index in [1.807, 2.05) is 36.9 Å². The van der Waals surface area contributed by atoms with E-state index in [4.69, 9.17) is 4.74 Å². The average molecular weight is 421 g/mol. The molecule has 6 heteroatoms. The van der Waals surface area contributed by atoms with Gasteiger partial charge in [0.05, 0.1) is 17.7 Å². The molecule has 1 unspecified atom stereocenters. The van der Waals surface area contributed by atoms with E-state index in [2.05, 4.69) is 6.07 Å². The molecule has 0 saturated carbocycles. The zero-order valence-electron chi connectivity index (χ0n) is 18.0. The summed E-state index contributed by atoms with van der Waals surface area (Å²) in [6.45, 7) is 5.52. The highest BCUT2D eigenvalue weighted by molar-refractivity contribution is 6.21. The molecule has 1 atom stereocenters. The van der Waals surface area contributed by atoms with Crippen molar-refractivity contribution >= 4 is 17.7 Å². The Morgan fingerprint density at radius 1 is 1.06 bits per heavy atom. The summed E-state index contributed by atoms with van der Waals surface area (Å²) < 4.78 is 5.88. The molecule has 0 spiro atoms. The van der Waals surface area contributed by atoms with Crippen LogP contribution in [-0.2, 0) is 11.2 Å². The van der Waals surface area contributed by atoms with Gasteiger partial charge in [-0.15, -0.1) is 0 Å². The molecule has 0 saturated heterocycles. The third-order valence-electron chi connectivity index (χ3n) is 6.00. The fourth-order valence-electron chi connectivity index (χ4n) is 4.36. The van der Waals surface area contributed by atoms with Gasteiger partial charge in [0.2, 0.25) is 5.91 Å². The van der Waals surface area contributed by atoms with Gasteiger partial charge < -0.3 is 9.64 Å². The van der Waals surface area contributed by atoms with Crippen molar-refractivity contribution in [2.75, 3.05) is 19.7 Å². The number of hydrogen-bond acceptors (Lipinski definition) is 4. The van der Waals surface area contributed by atoms with Gasteiger partial charge in [0.15, 0.2) is 0 Å². The Labute approximate surface area is 182 Å². The Kier molecular flexibility index (Phi) is 6.07. The van der Waals surface area contributed by atoms with Crippen molar-refractivity contribution in [3.05, 3.63) is 65.2 Å². The molecule has 31 heavy (non-hydrogen) atoms. The first kappa shape index (κ1) is 21.1. The predicted octanol–water partition coefficient (Wildman–Crippen LogP) is 3.55. The number of ether oxygens (including phenoxy) is 1. The minimum Gasteiger partial charge on any atom is -0.493 e. The Morgan fingerprint density at radius 3 is 2.39 bits per heavy atom. The lowest BCUT2D eigenvalue weighted by molar-refractivity contribution is -0.134. The first-order valence-electron chi connectivity index (χ1n) is 10.9. The van der Waals surface area contributed by atoms with Crippen molar-refractivity contribution in [1.82, 2.24) is 9.80 Å². The van der Waals surface area contributed by atoms with Crippen molar-refractivity contribution in [3.8, 4) is 5.75 Å². The number of amides is 3. The van der Waals surface area contributed by atoms with Crippen LogP contribution >= 0.6 is 0 Å². The largest absolute Gasteiger partial charge is 0.493 e. The van der Waals surface area contributed by atoms with Gasteiger partial charge in [0.25, 0.3) is 11.8 Å². The summed E-state index contributed by atoms with van der Waals surface area (Å²) in [6.07, 6.45) is 1.65. The maximum absolute atomic E-state index is 13.0. The van der Waals surface area contributed by atoms with Crippen LogP contribution in [0.3, 0.4) is 0 Å². The molecule has 0 bridgehead atoms. The Hall–Kier alpha value is -3.15. The first-order chi connectivity index (χ1) is 15.0. The Balaban J connectivity index is 1.32. The lowest BCUT2D eigenvalue weighted by Gasteiger charge is -2.33. The predicted molar refractivity (Wildman–Crippen MR) is 117 cm³/mol. The van der Waals surface area contributed by atoms with Crippen LogP contribution in [0.25, 0.3) is 0 Å². The fourth-order valence-corrected chi connectivity index (χ4v) is 4.36. The molecule has 2 aromatic rings. The summed E-state index contributed by atoms with van der Waals surface area (Å²) in [5.41, 5.74) is 2.07. The third kappa shape index (κ3) is 4.33. The minimum atomic E-state index is -0.271. The van der Waals surface area contributed by atoms with Gasteiger partial charge in [-0.1, -0.05) is 30.3 Å². The molecule has 4 rings (SSSR count). The Morgan fingerprint density at radius 2 is 1.71 bits per heavy atom. The second-order valence-electron chi connectivity index (χ2n) is 8.54. The fraction of sp³-hybridized carbons (Fsp3) is 0.400. The number of imide groups is 1. The van der Waals surface area contributed by atoms with Gasteiger partial charge in [0, 0.05) is 31.5 Å². The molecule has 2 aliphatic heterocycles. The minimum absolute atomic E-state index is 0.0467. The highest BCUT2D eigenvalue weighted by atomic mass is 16.5. The van der Waals surface area contributed by atoms with Crippen LogP contribution in [0.4, 0.5) is 0 Å². The number of rotatable bonds is 7. The number of nitrogens with zero attached hydrogens (tertiary/aromatic N) is 2. The SMILES string of the molecule is CC(C)N(CC1COc2ccccc2C1)C(=O)CCCN1C(=O)c2ccccc2C1=O. The van der Waals surface area contributed by atoms with Crippen LogP contribution in [0.2, 0.25) is 0 Å². The zero-order valence-corrected chi connectivity index (χ0v) is 18.0. The van der Waals surface area contributed by atoms with E-state index in [9.17, 15) is 14.4 Å². The molecule has 2 aromatic carbocycles. The molecule has 0 fully saturated rings. The Bertz CT molecular complexity index is 966. The van der Waals surface area contributed by atoms with Gasteiger partial charge in [-0.25, -0.2) is 0 Å². The van der Waals surface area contributed by atoms with Crippen molar-refractivity contribution in [1.29, 1.82) is 0 Å².